The molecule has 0 bridgehead atoms. The van der Waals surface area contributed by atoms with E-state index in [1.54, 1.807) is 0 Å². The standard InChI is InChI=1S/C25H35N5O4/c1-3-9-22(33)27-20-11-8-10-19(16-20)17-26-21(32)12-13-23-28-24(30-34-23)25(29-18(2)31)14-6-4-5-7-15-25/h8,10-11,16H,3-7,9,12-15,17H2,1-2H3,(H,26,32)(H,27,33)(H,29,31). The van der Waals surface area contributed by atoms with Crippen LogP contribution in [0.25, 0.3) is 0 Å². The summed E-state index contributed by atoms with van der Waals surface area (Å²) < 4.78 is 5.42. The van der Waals surface area contributed by atoms with Crippen molar-refractivity contribution in [3.8, 4) is 0 Å². The summed E-state index contributed by atoms with van der Waals surface area (Å²) in [6, 6.07) is 7.43. The molecule has 1 aliphatic rings. The maximum atomic E-state index is 12.4. The molecule has 3 rings (SSSR count). The Morgan fingerprint density at radius 1 is 1.06 bits per heavy atom. The predicted molar refractivity (Wildman–Crippen MR) is 128 cm³/mol. The van der Waals surface area contributed by atoms with E-state index in [0.717, 1.165) is 56.2 Å². The van der Waals surface area contributed by atoms with Gasteiger partial charge in [0.25, 0.3) is 0 Å². The van der Waals surface area contributed by atoms with Crippen LogP contribution in [0.5, 0.6) is 0 Å². The van der Waals surface area contributed by atoms with Crippen LogP contribution in [0.3, 0.4) is 0 Å². The number of anilines is 1. The van der Waals surface area contributed by atoms with Crippen LogP contribution in [-0.4, -0.2) is 27.9 Å². The molecular weight excluding hydrogens is 434 g/mol. The summed E-state index contributed by atoms with van der Waals surface area (Å²) in [7, 11) is 0. The molecule has 34 heavy (non-hydrogen) atoms. The van der Waals surface area contributed by atoms with Crippen LogP contribution < -0.4 is 16.0 Å². The number of carbonyl (C=O) groups is 3. The minimum Gasteiger partial charge on any atom is -0.352 e. The van der Waals surface area contributed by atoms with E-state index in [-0.39, 0.29) is 24.1 Å². The van der Waals surface area contributed by atoms with Gasteiger partial charge in [-0.2, -0.15) is 4.98 Å². The molecule has 1 aliphatic carbocycles. The number of hydrogen-bond acceptors (Lipinski definition) is 6. The first-order chi connectivity index (χ1) is 16.4. The van der Waals surface area contributed by atoms with Gasteiger partial charge in [0.15, 0.2) is 5.82 Å². The fraction of sp³-hybridized carbons (Fsp3) is 0.560. The number of amides is 3. The lowest BCUT2D eigenvalue weighted by Gasteiger charge is -2.30. The van der Waals surface area contributed by atoms with Gasteiger partial charge in [0.1, 0.15) is 5.54 Å². The van der Waals surface area contributed by atoms with Gasteiger partial charge < -0.3 is 20.5 Å². The smallest absolute Gasteiger partial charge is 0.227 e. The molecule has 0 spiro atoms. The zero-order chi connectivity index (χ0) is 24.4. The van der Waals surface area contributed by atoms with E-state index < -0.39 is 5.54 Å². The van der Waals surface area contributed by atoms with Crippen LogP contribution in [0.2, 0.25) is 0 Å². The lowest BCUT2D eigenvalue weighted by molar-refractivity contribution is -0.122. The van der Waals surface area contributed by atoms with Crippen LogP contribution in [0.15, 0.2) is 28.8 Å². The van der Waals surface area contributed by atoms with Crippen molar-refractivity contribution in [2.75, 3.05) is 5.32 Å². The average molecular weight is 470 g/mol. The molecule has 9 heteroatoms. The van der Waals surface area contributed by atoms with Gasteiger partial charge >= 0.3 is 0 Å². The highest BCUT2D eigenvalue weighted by Crippen LogP contribution is 2.34. The first kappa shape index (κ1) is 25.4. The third-order valence-corrected chi connectivity index (χ3v) is 6.01. The van der Waals surface area contributed by atoms with Gasteiger partial charge in [-0.3, -0.25) is 14.4 Å². The van der Waals surface area contributed by atoms with E-state index >= 15 is 0 Å². The molecule has 1 aromatic carbocycles. The number of rotatable bonds is 10. The monoisotopic (exact) mass is 469 g/mol. The van der Waals surface area contributed by atoms with Crippen molar-refractivity contribution in [1.82, 2.24) is 20.8 Å². The third-order valence-electron chi connectivity index (χ3n) is 6.01. The third kappa shape index (κ3) is 7.40. The number of aromatic nitrogens is 2. The van der Waals surface area contributed by atoms with Gasteiger partial charge in [0.2, 0.25) is 23.6 Å². The fourth-order valence-corrected chi connectivity index (χ4v) is 4.34. The van der Waals surface area contributed by atoms with Crippen molar-refractivity contribution in [2.45, 2.75) is 90.1 Å². The molecule has 1 aromatic heterocycles. The van der Waals surface area contributed by atoms with E-state index in [0.29, 0.717) is 31.1 Å². The second-order valence-corrected chi connectivity index (χ2v) is 8.96. The maximum Gasteiger partial charge on any atom is 0.227 e. The van der Waals surface area contributed by atoms with Gasteiger partial charge in [-0.1, -0.05) is 49.9 Å². The van der Waals surface area contributed by atoms with Gasteiger partial charge in [-0.05, 0) is 37.0 Å². The molecule has 1 saturated carbocycles. The SMILES string of the molecule is CCCC(=O)Nc1cccc(CNC(=O)CCc2nc(C3(NC(C)=O)CCCCCC3)no2)c1. The molecule has 1 heterocycles. The molecule has 0 saturated heterocycles. The first-order valence-electron chi connectivity index (χ1n) is 12.2. The molecule has 3 N–H and O–H groups in total. The normalized spacial score (nSPS) is 15.2. The van der Waals surface area contributed by atoms with Crippen LogP contribution in [-0.2, 0) is 32.9 Å². The van der Waals surface area contributed by atoms with Crippen molar-refractivity contribution in [3.63, 3.8) is 0 Å². The molecular formula is C25H35N5O4. The molecule has 2 aromatic rings. The highest BCUT2D eigenvalue weighted by Gasteiger charge is 2.38. The first-order valence-corrected chi connectivity index (χ1v) is 12.2. The van der Waals surface area contributed by atoms with Crippen LogP contribution in [0, 0.1) is 0 Å². The van der Waals surface area contributed by atoms with Gasteiger partial charge in [0, 0.05) is 38.4 Å². The van der Waals surface area contributed by atoms with Crippen LogP contribution in [0.4, 0.5) is 5.69 Å². The Morgan fingerprint density at radius 3 is 2.53 bits per heavy atom. The summed E-state index contributed by atoms with van der Waals surface area (Å²) in [5, 5.41) is 13.0. The van der Waals surface area contributed by atoms with E-state index in [1.807, 2.05) is 31.2 Å². The lowest BCUT2D eigenvalue weighted by atomic mass is 9.89. The average Bonchev–Trinajstić information content (AvgIpc) is 3.16. The maximum absolute atomic E-state index is 12.4. The molecule has 3 amide bonds. The molecule has 0 aliphatic heterocycles. The number of benzene rings is 1. The van der Waals surface area contributed by atoms with Gasteiger partial charge in [-0.15, -0.1) is 0 Å². The number of hydrogen-bond donors (Lipinski definition) is 3. The summed E-state index contributed by atoms with van der Waals surface area (Å²) in [4.78, 5) is 40.5. The second-order valence-electron chi connectivity index (χ2n) is 8.96. The Bertz CT molecular complexity index is 979. The molecule has 9 nitrogen and oxygen atoms in total. The topological polar surface area (TPSA) is 126 Å². The van der Waals surface area contributed by atoms with Crippen molar-refractivity contribution in [3.05, 3.63) is 41.5 Å². The Balaban J connectivity index is 1.52. The molecule has 184 valence electrons. The van der Waals surface area contributed by atoms with Crippen LogP contribution >= 0.6 is 0 Å². The fourth-order valence-electron chi connectivity index (χ4n) is 4.34. The van der Waals surface area contributed by atoms with Crippen molar-refractivity contribution in [2.24, 2.45) is 0 Å². The van der Waals surface area contributed by atoms with Crippen LogP contribution in [0.1, 0.15) is 88.9 Å². The van der Waals surface area contributed by atoms with Crippen molar-refractivity contribution >= 4 is 23.4 Å². The zero-order valence-electron chi connectivity index (χ0n) is 20.1. The van der Waals surface area contributed by atoms with Crippen molar-refractivity contribution < 1.29 is 18.9 Å². The molecule has 0 unspecified atom stereocenters. The van der Waals surface area contributed by atoms with E-state index in [9.17, 15) is 14.4 Å². The second kappa shape index (κ2) is 12.3. The van der Waals surface area contributed by atoms with E-state index in [4.69, 9.17) is 4.52 Å². The number of nitrogens with zero attached hydrogens (tertiary/aromatic N) is 2. The predicted octanol–water partition coefficient (Wildman–Crippen LogP) is 3.74. The Kier molecular flexibility index (Phi) is 9.18. The highest BCUT2D eigenvalue weighted by atomic mass is 16.5. The number of nitrogens with one attached hydrogen (secondary N) is 3. The summed E-state index contributed by atoms with van der Waals surface area (Å²) in [6.45, 7) is 3.82. The summed E-state index contributed by atoms with van der Waals surface area (Å²) >= 11 is 0. The quantitative estimate of drug-likeness (QED) is 0.455. The Hall–Kier alpha value is -3.23. The molecule has 0 atom stereocenters. The van der Waals surface area contributed by atoms with E-state index in [2.05, 4.69) is 26.1 Å². The Morgan fingerprint density at radius 2 is 1.82 bits per heavy atom. The molecule has 1 fully saturated rings. The van der Waals surface area contributed by atoms with Crippen molar-refractivity contribution in [1.29, 1.82) is 0 Å². The number of aryl methyl sites for hydroxylation is 1. The Labute approximate surface area is 200 Å². The number of carbonyl (C=O) groups excluding carboxylic acids is 3. The summed E-state index contributed by atoms with van der Waals surface area (Å²) in [5.41, 5.74) is 1.02. The van der Waals surface area contributed by atoms with E-state index in [1.165, 1.54) is 6.92 Å². The minimum absolute atomic E-state index is 0.0215. The highest BCUT2D eigenvalue weighted by molar-refractivity contribution is 5.90. The molecule has 0 radical (unpaired) electrons. The van der Waals surface area contributed by atoms with Gasteiger partial charge in [0.05, 0.1) is 0 Å². The largest absolute Gasteiger partial charge is 0.352 e. The lowest BCUT2D eigenvalue weighted by Crippen LogP contribution is -2.45. The summed E-state index contributed by atoms with van der Waals surface area (Å²) in [6.07, 6.45) is 7.60. The van der Waals surface area contributed by atoms with Gasteiger partial charge in [-0.25, -0.2) is 0 Å². The summed E-state index contributed by atoms with van der Waals surface area (Å²) in [5.74, 6) is 0.626. The minimum atomic E-state index is -0.593. The zero-order valence-corrected chi connectivity index (χ0v) is 20.1.